The van der Waals surface area contributed by atoms with Crippen LogP contribution < -0.4 is 5.73 Å². The SMILES string of the molecule is CC(C)[C@@](C#N)(CCCCC(=O)[N@@+]1(Cc2ccccc2Br)CCCC1C(N)=O)c1ccccc1. The third kappa shape index (κ3) is 5.26. The Balaban J connectivity index is 1.74. The molecule has 2 aromatic rings. The lowest BCUT2D eigenvalue weighted by atomic mass is 9.69. The lowest BCUT2D eigenvalue weighted by Gasteiger charge is -2.36. The van der Waals surface area contributed by atoms with Gasteiger partial charge in [-0.3, -0.25) is 4.79 Å². The predicted octanol–water partition coefficient (Wildman–Crippen LogP) is 5.62. The summed E-state index contributed by atoms with van der Waals surface area (Å²) in [4.78, 5) is 26.0. The summed E-state index contributed by atoms with van der Waals surface area (Å²) in [6, 6.07) is 19.9. The zero-order valence-electron chi connectivity index (χ0n) is 20.2. The second-order valence-corrected chi connectivity index (χ2v) is 10.6. The van der Waals surface area contributed by atoms with Gasteiger partial charge >= 0.3 is 5.91 Å². The van der Waals surface area contributed by atoms with E-state index in [0.717, 1.165) is 28.4 Å². The molecule has 1 aliphatic rings. The van der Waals surface area contributed by atoms with Crippen molar-refractivity contribution in [3.05, 3.63) is 70.2 Å². The molecule has 6 heteroatoms. The molecule has 2 amide bonds. The lowest BCUT2D eigenvalue weighted by molar-refractivity contribution is -0.871. The van der Waals surface area contributed by atoms with Crippen molar-refractivity contribution >= 4 is 27.7 Å². The van der Waals surface area contributed by atoms with Crippen molar-refractivity contribution in [1.82, 2.24) is 0 Å². The molecule has 34 heavy (non-hydrogen) atoms. The number of likely N-dealkylation sites (tertiary alicyclic amines) is 1. The van der Waals surface area contributed by atoms with Crippen molar-refractivity contribution < 1.29 is 14.1 Å². The lowest BCUT2D eigenvalue weighted by Crippen LogP contribution is -2.59. The fourth-order valence-corrected chi connectivity index (χ4v) is 5.93. The Labute approximate surface area is 211 Å². The first-order valence-electron chi connectivity index (χ1n) is 12.2. The minimum absolute atomic E-state index is 0.0730. The summed E-state index contributed by atoms with van der Waals surface area (Å²) < 4.78 is 1.04. The molecule has 2 aromatic carbocycles. The number of hydrogen-bond acceptors (Lipinski definition) is 3. The Bertz CT molecular complexity index is 1050. The summed E-state index contributed by atoms with van der Waals surface area (Å²) in [5.74, 6) is -0.170. The average molecular weight is 526 g/mol. The summed E-state index contributed by atoms with van der Waals surface area (Å²) in [6.07, 6.45) is 3.98. The molecule has 0 aromatic heterocycles. The van der Waals surface area contributed by atoms with Gasteiger partial charge in [0.2, 0.25) is 0 Å². The minimum Gasteiger partial charge on any atom is -0.364 e. The molecule has 3 atom stereocenters. The van der Waals surface area contributed by atoms with Gasteiger partial charge in [-0.1, -0.05) is 84.7 Å². The van der Waals surface area contributed by atoms with Gasteiger partial charge < -0.3 is 5.73 Å². The zero-order valence-corrected chi connectivity index (χ0v) is 21.8. The highest BCUT2D eigenvalue weighted by Gasteiger charge is 2.50. The number of amides is 2. The average Bonchev–Trinajstić information content (AvgIpc) is 3.26. The van der Waals surface area contributed by atoms with Gasteiger partial charge in [-0.2, -0.15) is 5.26 Å². The molecule has 180 valence electrons. The summed E-state index contributed by atoms with van der Waals surface area (Å²) in [6.45, 7) is 5.26. The number of quaternary nitrogens is 1. The first-order valence-corrected chi connectivity index (χ1v) is 13.0. The van der Waals surface area contributed by atoms with Gasteiger partial charge in [-0.15, -0.1) is 0 Å². The molecule has 1 heterocycles. The number of unbranched alkanes of at least 4 members (excludes halogenated alkanes) is 1. The summed E-state index contributed by atoms with van der Waals surface area (Å²) in [7, 11) is 0. The normalized spacial score (nSPS) is 21.7. The molecule has 0 aliphatic carbocycles. The van der Waals surface area contributed by atoms with Crippen molar-refractivity contribution in [3.8, 4) is 6.07 Å². The molecule has 1 saturated heterocycles. The number of rotatable bonds is 10. The fraction of sp³-hybridized carbons (Fsp3) is 0.464. The Kier molecular flexibility index (Phi) is 8.67. The smallest absolute Gasteiger partial charge is 0.314 e. The van der Waals surface area contributed by atoms with Crippen LogP contribution in [0.4, 0.5) is 0 Å². The standard InChI is InChI=1S/C28H34BrN3O2/c1-21(2)28(20-30,23-12-4-3-5-13-23)17-9-8-16-26(33)32(18-10-15-25(32)27(31)34)19-22-11-6-7-14-24(22)29/h3-7,11-14,21,25H,8-10,15-19H2,1-2H3,(H-,31,34)/p+1/t25?,28-,32+/m0/s1. The topological polar surface area (TPSA) is 83.9 Å². The van der Waals surface area contributed by atoms with Crippen LogP contribution in [0.25, 0.3) is 0 Å². The van der Waals surface area contributed by atoms with Crippen molar-refractivity contribution in [2.75, 3.05) is 6.54 Å². The Morgan fingerprint density at radius 3 is 2.44 bits per heavy atom. The van der Waals surface area contributed by atoms with E-state index in [0.29, 0.717) is 38.8 Å². The van der Waals surface area contributed by atoms with Crippen molar-refractivity contribution in [3.63, 3.8) is 0 Å². The van der Waals surface area contributed by atoms with Gasteiger partial charge in [0.1, 0.15) is 6.54 Å². The second-order valence-electron chi connectivity index (χ2n) is 9.77. The van der Waals surface area contributed by atoms with Crippen LogP contribution in [0.2, 0.25) is 0 Å². The van der Waals surface area contributed by atoms with E-state index in [4.69, 9.17) is 5.73 Å². The van der Waals surface area contributed by atoms with Crippen LogP contribution in [0.1, 0.15) is 63.5 Å². The fourth-order valence-electron chi connectivity index (χ4n) is 5.52. The van der Waals surface area contributed by atoms with Gasteiger partial charge in [0.05, 0.1) is 24.4 Å². The van der Waals surface area contributed by atoms with E-state index >= 15 is 0 Å². The molecule has 0 bridgehead atoms. The van der Waals surface area contributed by atoms with E-state index in [-0.39, 0.29) is 16.3 Å². The van der Waals surface area contributed by atoms with Crippen LogP contribution in [0.5, 0.6) is 0 Å². The number of hydrogen-bond donors (Lipinski definition) is 1. The highest BCUT2D eigenvalue weighted by Crippen LogP contribution is 2.38. The first-order chi connectivity index (χ1) is 16.3. The molecule has 1 unspecified atom stereocenters. The molecule has 1 fully saturated rings. The molecule has 1 aliphatic heterocycles. The third-order valence-electron chi connectivity index (χ3n) is 7.55. The summed E-state index contributed by atoms with van der Waals surface area (Å²) >= 11 is 3.60. The summed E-state index contributed by atoms with van der Waals surface area (Å²) in [5, 5.41) is 10.1. The van der Waals surface area contributed by atoms with E-state index in [9.17, 15) is 14.9 Å². The van der Waals surface area contributed by atoms with Gasteiger partial charge in [0, 0.05) is 22.9 Å². The van der Waals surface area contributed by atoms with Crippen molar-refractivity contribution in [2.24, 2.45) is 11.7 Å². The largest absolute Gasteiger partial charge is 0.364 e. The van der Waals surface area contributed by atoms with E-state index in [2.05, 4.69) is 35.8 Å². The molecular formula is C28H35BrN3O2+. The summed E-state index contributed by atoms with van der Waals surface area (Å²) in [5.41, 5.74) is 7.24. The highest BCUT2D eigenvalue weighted by atomic mass is 79.9. The Morgan fingerprint density at radius 1 is 1.15 bits per heavy atom. The molecular weight excluding hydrogens is 490 g/mol. The van der Waals surface area contributed by atoms with Crippen molar-refractivity contribution in [2.45, 2.75) is 70.4 Å². The number of primary amides is 1. The molecule has 0 spiro atoms. The van der Waals surface area contributed by atoms with Crippen LogP contribution in [0.3, 0.4) is 0 Å². The van der Waals surface area contributed by atoms with Crippen LogP contribution in [0.15, 0.2) is 59.1 Å². The number of nitriles is 1. The number of carbonyl (C=O) groups is 2. The van der Waals surface area contributed by atoms with E-state index in [1.165, 1.54) is 0 Å². The highest BCUT2D eigenvalue weighted by molar-refractivity contribution is 9.10. The number of benzene rings is 2. The van der Waals surface area contributed by atoms with Gasteiger partial charge in [-0.25, -0.2) is 9.28 Å². The Hall–Kier alpha value is -2.49. The van der Waals surface area contributed by atoms with Crippen molar-refractivity contribution in [1.29, 1.82) is 5.26 Å². The number of nitrogens with zero attached hydrogens (tertiary/aromatic N) is 2. The quantitative estimate of drug-likeness (QED) is 0.323. The minimum atomic E-state index is -0.575. The molecule has 5 nitrogen and oxygen atoms in total. The third-order valence-corrected chi connectivity index (χ3v) is 8.33. The van der Waals surface area contributed by atoms with E-state index in [1.807, 2.05) is 54.6 Å². The maximum Gasteiger partial charge on any atom is 0.314 e. The predicted molar refractivity (Wildman–Crippen MR) is 137 cm³/mol. The second kappa shape index (κ2) is 11.3. The number of carbonyl (C=O) groups excluding carboxylic acids is 2. The molecule has 3 rings (SSSR count). The van der Waals surface area contributed by atoms with E-state index in [1.54, 1.807) is 0 Å². The zero-order chi connectivity index (χ0) is 24.8. The molecule has 2 N–H and O–H groups in total. The maximum atomic E-state index is 13.7. The number of halogens is 1. The van der Waals surface area contributed by atoms with Crippen LogP contribution >= 0.6 is 15.9 Å². The first kappa shape index (κ1) is 26.1. The molecule has 0 saturated carbocycles. The van der Waals surface area contributed by atoms with Crippen LogP contribution in [-0.2, 0) is 21.5 Å². The molecule has 0 radical (unpaired) electrons. The van der Waals surface area contributed by atoms with E-state index < -0.39 is 17.4 Å². The van der Waals surface area contributed by atoms with Gasteiger partial charge in [0.15, 0.2) is 6.04 Å². The number of nitrogens with two attached hydrogens (primary N) is 1. The van der Waals surface area contributed by atoms with Crippen LogP contribution in [-0.4, -0.2) is 28.9 Å². The van der Waals surface area contributed by atoms with Gasteiger partial charge in [-0.05, 0) is 30.4 Å². The van der Waals surface area contributed by atoms with Crippen LogP contribution in [0, 0.1) is 17.2 Å². The van der Waals surface area contributed by atoms with Gasteiger partial charge in [0.25, 0.3) is 5.91 Å². The maximum absolute atomic E-state index is 13.7. The Morgan fingerprint density at radius 2 is 1.82 bits per heavy atom. The monoisotopic (exact) mass is 524 g/mol.